The van der Waals surface area contributed by atoms with E-state index in [0.717, 1.165) is 26.1 Å². The smallest absolute Gasteiger partial charge is 0.411 e. The Bertz CT molecular complexity index is 191. The van der Waals surface area contributed by atoms with Gasteiger partial charge in [0, 0.05) is 13.2 Å². The maximum atomic E-state index is 5.63. The fourth-order valence-corrected chi connectivity index (χ4v) is 1.43. The fraction of sp³-hybridized carbons (Fsp3) is 1.00. The highest BCUT2D eigenvalue weighted by Gasteiger charge is 2.15. The van der Waals surface area contributed by atoms with Crippen molar-refractivity contribution in [1.29, 1.82) is 0 Å². The number of rotatable bonds is 7. The quantitative estimate of drug-likeness (QED) is 0.486. The van der Waals surface area contributed by atoms with Gasteiger partial charge in [-0.2, -0.15) is 0 Å². The van der Waals surface area contributed by atoms with E-state index in [9.17, 15) is 0 Å². The number of hydrogen-bond donors (Lipinski definition) is 0. The Hall–Kier alpha value is -0.0151. The Kier molecular flexibility index (Phi) is 7.42. The lowest BCUT2D eigenvalue weighted by atomic mass is 9.90. The Morgan fingerprint density at radius 3 is 1.71 bits per heavy atom. The summed E-state index contributed by atoms with van der Waals surface area (Å²) in [6, 6.07) is 0. The second-order valence-corrected chi connectivity index (χ2v) is 7.28. The zero-order valence-electron chi connectivity index (χ0n) is 12.9. The van der Waals surface area contributed by atoms with Crippen LogP contribution in [0.4, 0.5) is 0 Å². The molecule has 0 aromatic rings. The molecule has 0 spiro atoms. The van der Waals surface area contributed by atoms with Crippen molar-refractivity contribution in [3.63, 3.8) is 0 Å². The zero-order valence-corrected chi connectivity index (χ0v) is 12.9. The van der Waals surface area contributed by atoms with Crippen LogP contribution in [0, 0.1) is 10.8 Å². The molecule has 0 atom stereocenters. The summed E-state index contributed by atoms with van der Waals surface area (Å²) in [7, 11) is -0.0719. The minimum absolute atomic E-state index is 0.0719. The predicted molar refractivity (Wildman–Crippen MR) is 76.3 cm³/mol. The fourth-order valence-electron chi connectivity index (χ4n) is 1.43. The molecule has 0 aromatic carbocycles. The third-order valence-corrected chi connectivity index (χ3v) is 2.63. The van der Waals surface area contributed by atoms with E-state index in [0.29, 0.717) is 10.8 Å². The van der Waals surface area contributed by atoms with Crippen molar-refractivity contribution in [3.05, 3.63) is 0 Å². The lowest BCUT2D eigenvalue weighted by Crippen LogP contribution is -2.22. The van der Waals surface area contributed by atoms with Crippen LogP contribution in [0.3, 0.4) is 0 Å². The van der Waals surface area contributed by atoms with Crippen LogP contribution in [0.5, 0.6) is 0 Å². The lowest BCUT2D eigenvalue weighted by molar-refractivity contribution is 0.169. The van der Waals surface area contributed by atoms with E-state index in [-0.39, 0.29) is 7.12 Å². The van der Waals surface area contributed by atoms with E-state index in [1.165, 1.54) is 6.42 Å². The molecule has 0 unspecified atom stereocenters. The minimum atomic E-state index is -0.0719. The van der Waals surface area contributed by atoms with Gasteiger partial charge >= 0.3 is 7.12 Å². The monoisotopic (exact) mass is 242 g/mol. The van der Waals surface area contributed by atoms with E-state index < -0.39 is 0 Å². The molecule has 0 rings (SSSR count). The topological polar surface area (TPSA) is 18.5 Å². The molecule has 0 heterocycles. The van der Waals surface area contributed by atoms with Crippen molar-refractivity contribution in [2.75, 3.05) is 13.2 Å². The molecule has 0 N–H and O–H groups in total. The standard InChI is InChI=1S/C14H31BO2/c1-13(2,3)9-8-11-16-15(7)17-12-10-14(4,5)6/h8-12H2,1-7H3. The molecule has 0 fully saturated rings. The van der Waals surface area contributed by atoms with Crippen LogP contribution in [0.1, 0.15) is 60.8 Å². The molecule has 2 nitrogen and oxygen atoms in total. The molecule has 0 radical (unpaired) electrons. The normalized spacial score (nSPS) is 12.9. The van der Waals surface area contributed by atoms with Gasteiger partial charge in [-0.15, -0.1) is 0 Å². The van der Waals surface area contributed by atoms with Crippen LogP contribution in [0.25, 0.3) is 0 Å². The highest BCUT2D eigenvalue weighted by molar-refractivity contribution is 6.42. The van der Waals surface area contributed by atoms with Gasteiger partial charge < -0.3 is 9.31 Å². The molecule has 17 heavy (non-hydrogen) atoms. The summed E-state index contributed by atoms with van der Waals surface area (Å²) in [5.74, 6) is 0. The van der Waals surface area contributed by atoms with Crippen molar-refractivity contribution in [3.8, 4) is 0 Å². The third-order valence-electron chi connectivity index (χ3n) is 2.63. The minimum Gasteiger partial charge on any atom is -0.411 e. The first kappa shape index (κ1) is 17.0. The highest BCUT2D eigenvalue weighted by atomic mass is 16.6. The molecule has 0 bridgehead atoms. The molecule has 102 valence electrons. The Labute approximate surface area is 109 Å². The van der Waals surface area contributed by atoms with Crippen molar-refractivity contribution < 1.29 is 9.31 Å². The molecule has 0 aliphatic rings. The molecule has 3 heteroatoms. The average molecular weight is 242 g/mol. The first-order valence-electron chi connectivity index (χ1n) is 6.83. The van der Waals surface area contributed by atoms with Gasteiger partial charge in [-0.3, -0.25) is 0 Å². The van der Waals surface area contributed by atoms with Crippen LogP contribution < -0.4 is 0 Å². The average Bonchev–Trinajstić information content (AvgIpc) is 2.09. The highest BCUT2D eigenvalue weighted by Crippen LogP contribution is 2.20. The van der Waals surface area contributed by atoms with E-state index in [2.05, 4.69) is 41.5 Å². The Morgan fingerprint density at radius 2 is 1.24 bits per heavy atom. The van der Waals surface area contributed by atoms with E-state index in [4.69, 9.17) is 9.31 Å². The van der Waals surface area contributed by atoms with Crippen LogP contribution >= 0.6 is 0 Å². The van der Waals surface area contributed by atoms with Crippen molar-refractivity contribution in [2.45, 2.75) is 67.6 Å². The first-order chi connectivity index (χ1) is 7.60. The van der Waals surface area contributed by atoms with Crippen LogP contribution in [-0.4, -0.2) is 20.3 Å². The SMILES string of the molecule is CB(OCCCC(C)(C)C)OCCC(C)(C)C. The van der Waals surface area contributed by atoms with E-state index in [1.807, 2.05) is 6.82 Å². The molecule has 0 saturated carbocycles. The summed E-state index contributed by atoms with van der Waals surface area (Å²) in [6.45, 7) is 17.0. The second kappa shape index (κ2) is 7.43. The van der Waals surface area contributed by atoms with E-state index in [1.54, 1.807) is 0 Å². The Balaban J connectivity index is 3.44. The first-order valence-corrected chi connectivity index (χ1v) is 6.83. The molecule has 0 aliphatic heterocycles. The predicted octanol–water partition coefficient (Wildman–Crippen LogP) is 4.40. The summed E-state index contributed by atoms with van der Waals surface area (Å²) < 4.78 is 11.3. The lowest BCUT2D eigenvalue weighted by Gasteiger charge is -2.20. The van der Waals surface area contributed by atoms with Gasteiger partial charge in [0.1, 0.15) is 0 Å². The molecular formula is C14H31BO2. The van der Waals surface area contributed by atoms with Gasteiger partial charge in [-0.25, -0.2) is 0 Å². The van der Waals surface area contributed by atoms with Crippen molar-refractivity contribution in [2.24, 2.45) is 10.8 Å². The van der Waals surface area contributed by atoms with Crippen molar-refractivity contribution >= 4 is 7.12 Å². The summed E-state index contributed by atoms with van der Waals surface area (Å²) in [5.41, 5.74) is 0.742. The molecule has 0 amide bonds. The maximum Gasteiger partial charge on any atom is 0.453 e. The van der Waals surface area contributed by atoms with Crippen LogP contribution in [0.15, 0.2) is 0 Å². The maximum absolute atomic E-state index is 5.63. The van der Waals surface area contributed by atoms with Gasteiger partial charge in [-0.1, -0.05) is 41.5 Å². The summed E-state index contributed by atoms with van der Waals surface area (Å²) >= 11 is 0. The third kappa shape index (κ3) is 13.9. The summed E-state index contributed by atoms with van der Waals surface area (Å²) in [4.78, 5) is 0. The van der Waals surface area contributed by atoms with Gasteiger partial charge in [0.15, 0.2) is 0 Å². The molecule has 0 aliphatic carbocycles. The van der Waals surface area contributed by atoms with Crippen LogP contribution in [0.2, 0.25) is 6.82 Å². The van der Waals surface area contributed by atoms with Crippen LogP contribution in [-0.2, 0) is 9.31 Å². The number of hydrogen-bond acceptors (Lipinski definition) is 2. The molecule has 0 aromatic heterocycles. The van der Waals surface area contributed by atoms with Gasteiger partial charge in [-0.05, 0) is 36.9 Å². The Morgan fingerprint density at radius 1 is 0.765 bits per heavy atom. The van der Waals surface area contributed by atoms with Gasteiger partial charge in [0.2, 0.25) is 0 Å². The molecular weight excluding hydrogens is 211 g/mol. The van der Waals surface area contributed by atoms with Gasteiger partial charge in [0.05, 0.1) is 0 Å². The summed E-state index contributed by atoms with van der Waals surface area (Å²) in [6.07, 6.45) is 3.38. The summed E-state index contributed by atoms with van der Waals surface area (Å²) in [5, 5.41) is 0. The van der Waals surface area contributed by atoms with Crippen molar-refractivity contribution in [1.82, 2.24) is 0 Å². The second-order valence-electron chi connectivity index (χ2n) is 7.28. The largest absolute Gasteiger partial charge is 0.453 e. The van der Waals surface area contributed by atoms with E-state index >= 15 is 0 Å². The molecule has 0 saturated heterocycles. The van der Waals surface area contributed by atoms with Gasteiger partial charge in [0.25, 0.3) is 0 Å². The zero-order chi connectivity index (χ0) is 13.5.